The largest absolute Gasteiger partial charge is 0.390 e. The van der Waals surface area contributed by atoms with E-state index in [0.29, 0.717) is 29.1 Å². The zero-order chi connectivity index (χ0) is 12.6. The normalized spacial score (nSPS) is 60.4. The molecular formula is C15H26O2. The molecule has 0 aromatic rings. The first-order valence-electron chi connectivity index (χ1n) is 7.13. The lowest BCUT2D eigenvalue weighted by Crippen LogP contribution is -2.43. The van der Waals surface area contributed by atoms with Crippen LogP contribution in [0.1, 0.15) is 53.4 Å². The van der Waals surface area contributed by atoms with Gasteiger partial charge in [0.15, 0.2) is 0 Å². The van der Waals surface area contributed by atoms with Crippen molar-refractivity contribution in [3.05, 3.63) is 0 Å². The predicted molar refractivity (Wildman–Crippen MR) is 67.5 cm³/mol. The van der Waals surface area contributed by atoms with Gasteiger partial charge in [0.2, 0.25) is 0 Å². The van der Waals surface area contributed by atoms with Crippen LogP contribution in [0.15, 0.2) is 0 Å². The Kier molecular flexibility index (Phi) is 2.17. The molecule has 0 radical (unpaired) electrons. The molecular weight excluding hydrogens is 212 g/mol. The fourth-order valence-corrected chi connectivity index (χ4v) is 5.25. The van der Waals surface area contributed by atoms with Crippen LogP contribution in [-0.4, -0.2) is 21.4 Å². The lowest BCUT2D eigenvalue weighted by Gasteiger charge is -2.37. The molecule has 2 heteroatoms. The van der Waals surface area contributed by atoms with Crippen molar-refractivity contribution in [3.63, 3.8) is 0 Å². The van der Waals surface area contributed by atoms with Crippen molar-refractivity contribution in [2.75, 3.05) is 0 Å². The summed E-state index contributed by atoms with van der Waals surface area (Å²) in [6.07, 6.45) is 3.89. The van der Waals surface area contributed by atoms with Crippen molar-refractivity contribution >= 4 is 0 Å². The Balaban J connectivity index is 1.99. The minimum absolute atomic E-state index is 0.300. The van der Waals surface area contributed by atoms with E-state index < -0.39 is 11.2 Å². The van der Waals surface area contributed by atoms with E-state index in [4.69, 9.17) is 0 Å². The summed E-state index contributed by atoms with van der Waals surface area (Å²) in [6.45, 7) is 8.66. The summed E-state index contributed by atoms with van der Waals surface area (Å²) in [5.41, 5.74) is -0.738. The number of aliphatic hydroxyl groups is 2. The Bertz CT molecular complexity index is 343. The first-order chi connectivity index (χ1) is 7.68. The number of hydrogen-bond donors (Lipinski definition) is 2. The second kappa shape index (κ2) is 3.08. The average Bonchev–Trinajstić information content (AvgIpc) is 2.59. The molecule has 2 N–H and O–H groups in total. The van der Waals surface area contributed by atoms with E-state index in [0.717, 1.165) is 25.7 Å². The van der Waals surface area contributed by atoms with Gasteiger partial charge in [0.05, 0.1) is 11.2 Å². The Morgan fingerprint density at radius 2 is 1.29 bits per heavy atom. The monoisotopic (exact) mass is 238 g/mol. The minimum atomic E-state index is -0.561. The van der Waals surface area contributed by atoms with Gasteiger partial charge in [-0.25, -0.2) is 0 Å². The molecule has 0 aliphatic heterocycles. The SMILES string of the molecule is CC1(C)[C@H]2[C@@H]3[C@@H](CC[C@@]3(C)O)[C@](C)(O)CC[C@@H]21. The highest BCUT2D eigenvalue weighted by Gasteiger charge is 2.69. The maximum atomic E-state index is 10.7. The zero-order valence-electron chi connectivity index (χ0n) is 11.5. The maximum absolute atomic E-state index is 10.7. The predicted octanol–water partition coefficient (Wildman–Crippen LogP) is 2.58. The van der Waals surface area contributed by atoms with Crippen LogP contribution in [-0.2, 0) is 0 Å². The Labute approximate surface area is 104 Å². The van der Waals surface area contributed by atoms with Crippen molar-refractivity contribution in [1.29, 1.82) is 0 Å². The molecule has 0 heterocycles. The molecule has 3 saturated carbocycles. The van der Waals surface area contributed by atoms with Crippen LogP contribution in [0.4, 0.5) is 0 Å². The van der Waals surface area contributed by atoms with E-state index in [-0.39, 0.29) is 0 Å². The summed E-state index contributed by atoms with van der Waals surface area (Å²) >= 11 is 0. The molecule has 0 amide bonds. The topological polar surface area (TPSA) is 40.5 Å². The average molecular weight is 238 g/mol. The van der Waals surface area contributed by atoms with Gasteiger partial charge in [0.1, 0.15) is 0 Å². The summed E-state index contributed by atoms with van der Waals surface area (Å²) in [5, 5.41) is 21.3. The first kappa shape index (κ1) is 12.0. The van der Waals surface area contributed by atoms with Crippen molar-refractivity contribution in [2.45, 2.75) is 64.6 Å². The molecule has 17 heavy (non-hydrogen) atoms. The van der Waals surface area contributed by atoms with Gasteiger partial charge in [0.25, 0.3) is 0 Å². The van der Waals surface area contributed by atoms with E-state index in [1.54, 1.807) is 0 Å². The van der Waals surface area contributed by atoms with Crippen LogP contribution in [0.2, 0.25) is 0 Å². The van der Waals surface area contributed by atoms with Crippen LogP contribution >= 0.6 is 0 Å². The summed E-state index contributed by atoms with van der Waals surface area (Å²) in [4.78, 5) is 0. The van der Waals surface area contributed by atoms with Crippen LogP contribution in [0, 0.1) is 29.1 Å². The molecule has 0 aromatic heterocycles. The molecule has 0 spiro atoms. The van der Waals surface area contributed by atoms with E-state index in [1.165, 1.54) is 0 Å². The van der Waals surface area contributed by atoms with Crippen LogP contribution < -0.4 is 0 Å². The maximum Gasteiger partial charge on any atom is 0.0654 e. The third-order valence-corrected chi connectivity index (χ3v) is 6.40. The van der Waals surface area contributed by atoms with Gasteiger partial charge in [-0.1, -0.05) is 13.8 Å². The van der Waals surface area contributed by atoms with Crippen molar-refractivity contribution < 1.29 is 10.2 Å². The highest BCUT2D eigenvalue weighted by atomic mass is 16.3. The van der Waals surface area contributed by atoms with E-state index in [9.17, 15) is 10.2 Å². The van der Waals surface area contributed by atoms with Gasteiger partial charge < -0.3 is 10.2 Å². The molecule has 3 aliphatic carbocycles. The second-order valence-electron chi connectivity index (χ2n) is 7.88. The van der Waals surface area contributed by atoms with Gasteiger partial charge in [0, 0.05) is 0 Å². The van der Waals surface area contributed by atoms with E-state index in [1.807, 2.05) is 13.8 Å². The van der Waals surface area contributed by atoms with Crippen molar-refractivity contribution in [1.82, 2.24) is 0 Å². The molecule has 0 aromatic carbocycles. The van der Waals surface area contributed by atoms with Gasteiger partial charge in [-0.05, 0) is 68.6 Å². The lowest BCUT2D eigenvalue weighted by molar-refractivity contribution is -0.0663. The fourth-order valence-electron chi connectivity index (χ4n) is 5.25. The van der Waals surface area contributed by atoms with Crippen LogP contribution in [0.5, 0.6) is 0 Å². The van der Waals surface area contributed by atoms with Gasteiger partial charge in [-0.3, -0.25) is 0 Å². The highest BCUT2D eigenvalue weighted by Crippen LogP contribution is 2.71. The quantitative estimate of drug-likeness (QED) is 0.681. The molecule has 3 rings (SSSR count). The molecule has 0 bridgehead atoms. The van der Waals surface area contributed by atoms with E-state index in [2.05, 4.69) is 13.8 Å². The summed E-state index contributed by atoms with van der Waals surface area (Å²) in [7, 11) is 0. The summed E-state index contributed by atoms with van der Waals surface area (Å²) < 4.78 is 0. The van der Waals surface area contributed by atoms with Gasteiger partial charge in [-0.15, -0.1) is 0 Å². The summed E-state index contributed by atoms with van der Waals surface area (Å²) in [6, 6.07) is 0. The van der Waals surface area contributed by atoms with Gasteiger partial charge in [-0.2, -0.15) is 0 Å². The molecule has 6 atom stereocenters. The Morgan fingerprint density at radius 3 is 1.94 bits per heavy atom. The Morgan fingerprint density at radius 1 is 0.765 bits per heavy atom. The van der Waals surface area contributed by atoms with Crippen LogP contribution in [0.25, 0.3) is 0 Å². The minimum Gasteiger partial charge on any atom is -0.390 e. The third-order valence-electron chi connectivity index (χ3n) is 6.40. The molecule has 3 fully saturated rings. The smallest absolute Gasteiger partial charge is 0.0654 e. The number of rotatable bonds is 0. The number of hydrogen-bond acceptors (Lipinski definition) is 2. The molecule has 0 unspecified atom stereocenters. The second-order valence-corrected chi connectivity index (χ2v) is 7.88. The standard InChI is InChI=1S/C15H26O2/c1-13(2)9-5-7-14(3,16)10-6-8-15(4,17)12(10)11(9)13/h9-12,16-17H,5-8H2,1-4H3/t9-,10+,11+,12-,14+,15+/m0/s1. The summed E-state index contributed by atoms with van der Waals surface area (Å²) in [5.74, 6) is 1.95. The van der Waals surface area contributed by atoms with E-state index >= 15 is 0 Å². The fraction of sp³-hybridized carbons (Fsp3) is 1.00. The zero-order valence-corrected chi connectivity index (χ0v) is 11.5. The molecule has 98 valence electrons. The van der Waals surface area contributed by atoms with Crippen LogP contribution in [0.3, 0.4) is 0 Å². The third kappa shape index (κ3) is 1.46. The first-order valence-corrected chi connectivity index (χ1v) is 7.13. The van der Waals surface area contributed by atoms with Gasteiger partial charge >= 0.3 is 0 Å². The molecule has 0 saturated heterocycles. The molecule has 2 nitrogen and oxygen atoms in total. The Hall–Kier alpha value is -0.0800. The highest BCUT2D eigenvalue weighted by molar-refractivity contribution is 5.18. The van der Waals surface area contributed by atoms with Crippen molar-refractivity contribution in [3.8, 4) is 0 Å². The number of fused-ring (bicyclic) bond motifs is 3. The van der Waals surface area contributed by atoms with Crippen molar-refractivity contribution in [2.24, 2.45) is 29.1 Å². The lowest BCUT2D eigenvalue weighted by atomic mass is 9.73. The molecule has 3 aliphatic rings.